The number of nitrogens with one attached hydrogen (secondary N) is 1. The van der Waals surface area contributed by atoms with Crippen molar-refractivity contribution in [1.29, 1.82) is 0 Å². The number of hydrogen-bond donors (Lipinski definition) is 2. The van der Waals surface area contributed by atoms with E-state index in [1.54, 1.807) is 55.8 Å². The third-order valence-electron chi connectivity index (χ3n) is 11.7. The molecular formula is C60H53BrF3N7O11. The van der Waals surface area contributed by atoms with Crippen molar-refractivity contribution in [2.45, 2.75) is 34.2 Å². The minimum atomic E-state index is -0.848. The minimum Gasteiger partial charge on any atom is -0.500 e. The molecular weight excluding hydrogens is 1130 g/mol. The number of aromatic amines is 1. The highest BCUT2D eigenvalue weighted by Crippen LogP contribution is 2.24. The molecule has 422 valence electrons. The van der Waals surface area contributed by atoms with Gasteiger partial charge in [-0.3, -0.25) is 29.0 Å². The number of fused-ring (bicyclic) bond motifs is 2. The fourth-order valence-corrected chi connectivity index (χ4v) is 7.94. The van der Waals surface area contributed by atoms with E-state index in [1.165, 1.54) is 70.1 Å². The lowest BCUT2D eigenvalue weighted by Crippen LogP contribution is -2.21. The van der Waals surface area contributed by atoms with Crippen LogP contribution in [0, 0.1) is 38.2 Å². The molecule has 0 bridgehead atoms. The zero-order valence-corrected chi connectivity index (χ0v) is 47.0. The molecule has 3 N–H and O–H groups in total. The third-order valence-corrected chi connectivity index (χ3v) is 12.2. The van der Waals surface area contributed by atoms with Crippen LogP contribution in [-0.4, -0.2) is 87.9 Å². The van der Waals surface area contributed by atoms with Gasteiger partial charge >= 0.3 is 5.97 Å². The van der Waals surface area contributed by atoms with Gasteiger partial charge in [-0.1, -0.05) is 6.07 Å². The van der Waals surface area contributed by atoms with E-state index in [0.717, 1.165) is 48.6 Å². The lowest BCUT2D eigenvalue weighted by Gasteiger charge is -2.13. The Balaban J connectivity index is 0.000000189. The highest BCUT2D eigenvalue weighted by molar-refractivity contribution is 9.10. The van der Waals surface area contributed by atoms with Gasteiger partial charge in [-0.25, -0.2) is 32.9 Å². The van der Waals surface area contributed by atoms with Crippen molar-refractivity contribution in [1.82, 2.24) is 29.5 Å². The third kappa shape index (κ3) is 15.3. The Morgan fingerprint density at radius 2 is 1.20 bits per heavy atom. The van der Waals surface area contributed by atoms with Gasteiger partial charge in [0.25, 0.3) is 0 Å². The van der Waals surface area contributed by atoms with E-state index in [0.29, 0.717) is 33.6 Å². The van der Waals surface area contributed by atoms with Crippen LogP contribution < -0.4 is 30.8 Å². The van der Waals surface area contributed by atoms with E-state index in [9.17, 15) is 41.9 Å². The lowest BCUT2D eigenvalue weighted by molar-refractivity contribution is -0.135. The number of carbonyl (C=O) groups is 4. The van der Waals surface area contributed by atoms with E-state index in [2.05, 4.69) is 45.6 Å². The number of ether oxygens (including phenoxy) is 5. The molecule has 0 spiro atoms. The topological polar surface area (TPSA) is 247 Å². The van der Waals surface area contributed by atoms with Gasteiger partial charge in [0.15, 0.2) is 46.3 Å². The number of pyridine rings is 6. The van der Waals surface area contributed by atoms with Crippen LogP contribution in [0.1, 0.15) is 71.9 Å². The summed E-state index contributed by atoms with van der Waals surface area (Å²) in [7, 11) is 5.13. The van der Waals surface area contributed by atoms with E-state index < -0.39 is 51.6 Å². The molecule has 82 heavy (non-hydrogen) atoms. The number of nitrogen functional groups attached to an aromatic ring is 1. The van der Waals surface area contributed by atoms with Crippen molar-refractivity contribution in [3.05, 3.63) is 233 Å². The summed E-state index contributed by atoms with van der Waals surface area (Å²) in [4.78, 5) is 94.7. The maximum atomic E-state index is 14.2. The summed E-state index contributed by atoms with van der Waals surface area (Å²) in [5.74, 6) is -4.67. The van der Waals surface area contributed by atoms with Crippen molar-refractivity contribution in [2.24, 2.45) is 0 Å². The predicted octanol–water partition coefficient (Wildman–Crippen LogP) is 9.98. The summed E-state index contributed by atoms with van der Waals surface area (Å²) < 4.78 is 67.8. The number of Topliss-reactive ketones (excluding diaryl/α,β-unsaturated/α-hetero) is 1. The number of aryl methyl sites for hydroxylation is 3. The van der Waals surface area contributed by atoms with Crippen LogP contribution in [0.3, 0.4) is 0 Å². The Bertz CT molecular complexity index is 3980. The molecule has 0 unspecified atom stereocenters. The van der Waals surface area contributed by atoms with Gasteiger partial charge in [-0.15, -0.1) is 0 Å². The zero-order chi connectivity index (χ0) is 59.8. The molecule has 0 atom stereocenters. The summed E-state index contributed by atoms with van der Waals surface area (Å²) in [6.07, 6.45) is 5.46. The number of nitrogens with zero attached hydrogens (tertiary/aromatic N) is 5. The molecule has 0 radical (unpaired) electrons. The monoisotopic (exact) mass is 1180 g/mol. The molecule has 9 rings (SSSR count). The molecule has 0 saturated carbocycles. The number of aromatic nitrogens is 6. The normalized spacial score (nSPS) is 10.7. The summed E-state index contributed by atoms with van der Waals surface area (Å²) in [6, 6.07) is 27.6. The SMILES string of the molecule is CCOC=C(C(=O)OC)C(=O)c1ccc(OC)c(F)c1.COc1ccc(C(=O)c2c[nH]c3ccc(C)nc3c2=O)cc1F.COc1ccc(C(=O)c2cn(Cc3cccc(Br)n3)c3ccc(C)nc3c2=O)cc1F.Cc1ccc(N)cn1. The van der Waals surface area contributed by atoms with Crippen LogP contribution in [0.15, 0.2) is 154 Å². The van der Waals surface area contributed by atoms with Crippen LogP contribution >= 0.6 is 15.9 Å². The molecule has 6 aromatic heterocycles. The van der Waals surface area contributed by atoms with Gasteiger partial charge < -0.3 is 39.0 Å². The van der Waals surface area contributed by atoms with E-state index in [-0.39, 0.29) is 68.3 Å². The van der Waals surface area contributed by atoms with Gasteiger partial charge in [0.05, 0.1) is 81.3 Å². The summed E-state index contributed by atoms with van der Waals surface area (Å²) in [5, 5.41) is 0. The number of carbonyl (C=O) groups excluding carboxylic acids is 4. The number of methoxy groups -OCH3 is 4. The molecule has 0 saturated heterocycles. The smallest absolute Gasteiger partial charge is 0.345 e. The number of ketones is 3. The predicted molar refractivity (Wildman–Crippen MR) is 304 cm³/mol. The Hall–Kier alpha value is -9.83. The number of benzene rings is 3. The number of rotatable bonds is 14. The second-order valence-corrected chi connectivity index (χ2v) is 18.2. The van der Waals surface area contributed by atoms with Crippen LogP contribution in [0.25, 0.3) is 22.1 Å². The highest BCUT2D eigenvalue weighted by atomic mass is 79.9. The first kappa shape index (κ1) is 61.4. The quantitative estimate of drug-likeness (QED) is 0.0195. The maximum Gasteiger partial charge on any atom is 0.345 e. The Kier molecular flexibility index (Phi) is 21.2. The first-order valence-corrected chi connectivity index (χ1v) is 25.4. The number of nitrogens with two attached hydrogens (primary N) is 1. The average Bonchev–Trinajstić information content (AvgIpc) is 3.67. The van der Waals surface area contributed by atoms with Crippen molar-refractivity contribution < 1.29 is 56.0 Å². The Morgan fingerprint density at radius 3 is 1.72 bits per heavy atom. The van der Waals surface area contributed by atoms with Gasteiger partial charge in [-0.2, -0.15) is 0 Å². The first-order chi connectivity index (χ1) is 39.2. The fraction of sp³-hybridized carbons (Fsp3) is 0.167. The van der Waals surface area contributed by atoms with Gasteiger partial charge in [-0.05, 0) is 147 Å². The standard InChI is InChI=1S/C23H17BrFN3O3.C17H13FN2O3.C14H15FO5.C6H8N2/c1-13-6-8-18-21(26-13)23(30)16(12-28(18)11-15-4-3-5-20(24)27-15)22(29)14-7-9-19(31-2)17(25)10-14;1-9-3-5-13-15(20-9)17(22)11(8-19-13)16(21)10-4-6-14(23-2)12(18)7-10;1-4-20-8-10(14(17)19-3)13(16)9-5-6-12(18-2)11(15)7-9;1-5-2-3-6(7)4-8-5/h3-10,12H,11H2,1-2H3;3-8H,1-2H3,(H,19,22);5-8H,4H2,1-3H3;2-4H,7H2,1H3. The minimum absolute atomic E-state index is 0.000321. The molecule has 0 aliphatic carbocycles. The molecule has 0 aliphatic heterocycles. The first-order valence-electron chi connectivity index (χ1n) is 24.6. The van der Waals surface area contributed by atoms with Gasteiger partial charge in [0.2, 0.25) is 16.6 Å². The van der Waals surface area contributed by atoms with Crippen LogP contribution in [0.4, 0.5) is 18.9 Å². The van der Waals surface area contributed by atoms with Crippen molar-refractivity contribution in [3.63, 3.8) is 0 Å². The molecule has 18 nitrogen and oxygen atoms in total. The molecule has 6 heterocycles. The highest BCUT2D eigenvalue weighted by Gasteiger charge is 2.24. The van der Waals surface area contributed by atoms with E-state index in [1.807, 2.05) is 37.3 Å². The summed E-state index contributed by atoms with van der Waals surface area (Å²) in [6.45, 7) is 7.75. The Morgan fingerprint density at radius 1 is 0.659 bits per heavy atom. The van der Waals surface area contributed by atoms with Crippen molar-refractivity contribution in [3.8, 4) is 17.2 Å². The number of anilines is 1. The average molecular weight is 1190 g/mol. The van der Waals surface area contributed by atoms with Crippen LogP contribution in [0.5, 0.6) is 17.2 Å². The van der Waals surface area contributed by atoms with Crippen LogP contribution in [-0.2, 0) is 20.8 Å². The maximum absolute atomic E-state index is 14.2. The summed E-state index contributed by atoms with van der Waals surface area (Å²) >= 11 is 3.35. The Labute approximate surface area is 475 Å². The largest absolute Gasteiger partial charge is 0.500 e. The van der Waals surface area contributed by atoms with Crippen molar-refractivity contribution in [2.75, 3.05) is 40.8 Å². The lowest BCUT2D eigenvalue weighted by atomic mass is 10.0. The fourth-order valence-electron chi connectivity index (χ4n) is 7.56. The second-order valence-electron chi connectivity index (χ2n) is 17.4. The van der Waals surface area contributed by atoms with Crippen LogP contribution in [0.2, 0.25) is 0 Å². The molecule has 0 fully saturated rings. The molecule has 0 aliphatic rings. The number of halogens is 4. The van der Waals surface area contributed by atoms with Gasteiger partial charge in [0.1, 0.15) is 27.5 Å². The molecule has 22 heteroatoms. The number of esters is 1. The molecule has 9 aromatic rings. The zero-order valence-electron chi connectivity index (χ0n) is 45.4. The number of hydrogen-bond acceptors (Lipinski definition) is 16. The number of H-pyrrole nitrogens is 1. The second kappa shape index (κ2) is 28.4. The summed E-state index contributed by atoms with van der Waals surface area (Å²) in [5.41, 5.74) is 9.26. The van der Waals surface area contributed by atoms with Gasteiger partial charge in [0, 0.05) is 46.2 Å². The van der Waals surface area contributed by atoms with E-state index >= 15 is 0 Å². The molecule has 3 aromatic carbocycles. The molecule has 0 amide bonds. The van der Waals surface area contributed by atoms with Crippen molar-refractivity contribution >= 4 is 67.0 Å². The van der Waals surface area contributed by atoms with E-state index in [4.69, 9.17) is 24.7 Å².